The van der Waals surface area contributed by atoms with Gasteiger partial charge < -0.3 is 20.7 Å². The Morgan fingerprint density at radius 2 is 2.10 bits per heavy atom. The number of carbonyl (C=O) groups excluding carboxylic acids is 1. The molecule has 112 valence electrons. The Hall–Kier alpha value is -1.75. The second kappa shape index (κ2) is 8.43. The van der Waals surface area contributed by atoms with Crippen LogP contribution in [0.15, 0.2) is 24.3 Å². The number of nitrogens with zero attached hydrogens (tertiary/aromatic N) is 1. The van der Waals surface area contributed by atoms with Gasteiger partial charge in [-0.25, -0.2) is 0 Å². The Morgan fingerprint density at radius 3 is 2.75 bits per heavy atom. The topological polar surface area (TPSA) is 67.6 Å². The molecule has 20 heavy (non-hydrogen) atoms. The van der Waals surface area contributed by atoms with E-state index in [1.807, 2.05) is 19.2 Å². The molecule has 0 radical (unpaired) electrons. The first-order valence-electron chi connectivity index (χ1n) is 6.95. The van der Waals surface area contributed by atoms with Crippen molar-refractivity contribution in [3.8, 4) is 5.75 Å². The number of ether oxygens (including phenoxy) is 1. The number of likely N-dealkylation sites (N-methyl/N-ethyl adjacent to an activating group) is 1. The maximum atomic E-state index is 11.6. The molecule has 0 heterocycles. The van der Waals surface area contributed by atoms with Crippen molar-refractivity contribution < 1.29 is 9.53 Å². The van der Waals surface area contributed by atoms with Crippen molar-refractivity contribution in [3.63, 3.8) is 0 Å². The molecule has 0 aliphatic heterocycles. The number of para-hydroxylation sites is 2. The van der Waals surface area contributed by atoms with E-state index in [9.17, 15) is 4.79 Å². The van der Waals surface area contributed by atoms with Gasteiger partial charge in [0.25, 0.3) is 0 Å². The van der Waals surface area contributed by atoms with Crippen molar-refractivity contribution in [1.82, 2.24) is 10.2 Å². The highest BCUT2D eigenvalue weighted by Gasteiger charge is 2.05. The second-order valence-electron chi connectivity index (χ2n) is 5.06. The highest BCUT2D eigenvalue weighted by Crippen LogP contribution is 2.19. The molecule has 3 N–H and O–H groups in total. The van der Waals surface area contributed by atoms with Crippen LogP contribution in [0.1, 0.15) is 20.3 Å². The molecule has 0 spiro atoms. The van der Waals surface area contributed by atoms with Gasteiger partial charge in [-0.15, -0.1) is 0 Å². The molecule has 1 rings (SSSR count). The summed E-state index contributed by atoms with van der Waals surface area (Å²) < 4.78 is 5.48. The Kier molecular flexibility index (Phi) is 6.87. The summed E-state index contributed by atoms with van der Waals surface area (Å²) >= 11 is 0. The highest BCUT2D eigenvalue weighted by molar-refractivity contribution is 5.76. The predicted octanol–water partition coefficient (Wildman–Crippen LogP) is 1.49. The summed E-state index contributed by atoms with van der Waals surface area (Å²) in [6.07, 6.45) is 0.333. The Morgan fingerprint density at radius 1 is 1.40 bits per heavy atom. The fraction of sp³-hybridized carbons (Fsp3) is 0.533. The molecule has 0 bridgehead atoms. The molecule has 0 atom stereocenters. The van der Waals surface area contributed by atoms with Crippen LogP contribution in [0.25, 0.3) is 0 Å². The predicted molar refractivity (Wildman–Crippen MR) is 81.7 cm³/mol. The van der Waals surface area contributed by atoms with E-state index in [1.165, 1.54) is 0 Å². The van der Waals surface area contributed by atoms with Gasteiger partial charge in [0.15, 0.2) is 0 Å². The standard InChI is InChI=1S/C15H25N3O2/c1-12(2)18(3)10-9-17-15(19)8-11-20-14-7-5-4-6-13(14)16/h4-7,12H,8-11,16H2,1-3H3,(H,17,19). The van der Waals surface area contributed by atoms with Crippen molar-refractivity contribution >= 4 is 11.6 Å². The minimum absolute atomic E-state index is 0.00309. The molecular weight excluding hydrogens is 254 g/mol. The van der Waals surface area contributed by atoms with Crippen molar-refractivity contribution in [2.45, 2.75) is 26.3 Å². The number of carbonyl (C=O) groups is 1. The van der Waals surface area contributed by atoms with Crippen LogP contribution in [-0.2, 0) is 4.79 Å². The number of benzene rings is 1. The van der Waals surface area contributed by atoms with E-state index >= 15 is 0 Å². The number of hydrogen-bond acceptors (Lipinski definition) is 4. The summed E-state index contributed by atoms with van der Waals surface area (Å²) in [5.41, 5.74) is 6.34. The van der Waals surface area contributed by atoms with Gasteiger partial charge in [-0.05, 0) is 33.0 Å². The molecule has 0 saturated carbocycles. The number of nitrogens with one attached hydrogen (secondary N) is 1. The van der Waals surface area contributed by atoms with Gasteiger partial charge in [0.1, 0.15) is 5.75 Å². The summed E-state index contributed by atoms with van der Waals surface area (Å²) in [6.45, 7) is 6.08. The minimum Gasteiger partial charge on any atom is -0.491 e. The Balaban J connectivity index is 2.16. The zero-order valence-electron chi connectivity index (χ0n) is 12.6. The van der Waals surface area contributed by atoms with Crippen LogP contribution in [0.2, 0.25) is 0 Å². The molecule has 5 nitrogen and oxygen atoms in total. The van der Waals surface area contributed by atoms with Crippen LogP contribution in [-0.4, -0.2) is 43.6 Å². The van der Waals surface area contributed by atoms with E-state index in [2.05, 4.69) is 24.1 Å². The number of nitrogens with two attached hydrogens (primary N) is 1. The number of amides is 1. The van der Waals surface area contributed by atoms with E-state index in [1.54, 1.807) is 12.1 Å². The van der Waals surface area contributed by atoms with Gasteiger partial charge in [0.2, 0.25) is 5.91 Å². The largest absolute Gasteiger partial charge is 0.491 e. The third-order valence-electron chi connectivity index (χ3n) is 3.17. The van der Waals surface area contributed by atoms with Crippen molar-refractivity contribution in [1.29, 1.82) is 0 Å². The maximum absolute atomic E-state index is 11.6. The van der Waals surface area contributed by atoms with Crippen molar-refractivity contribution in [2.24, 2.45) is 0 Å². The smallest absolute Gasteiger partial charge is 0.223 e. The lowest BCUT2D eigenvalue weighted by atomic mass is 10.3. The minimum atomic E-state index is -0.00309. The maximum Gasteiger partial charge on any atom is 0.223 e. The molecular formula is C15H25N3O2. The SMILES string of the molecule is CC(C)N(C)CCNC(=O)CCOc1ccccc1N. The Bertz CT molecular complexity index is 421. The Labute approximate surface area is 121 Å². The summed E-state index contributed by atoms with van der Waals surface area (Å²) in [4.78, 5) is 13.8. The molecule has 0 unspecified atom stereocenters. The van der Waals surface area contributed by atoms with Crippen molar-refractivity contribution in [3.05, 3.63) is 24.3 Å². The average molecular weight is 279 g/mol. The van der Waals surface area contributed by atoms with Crippen LogP contribution >= 0.6 is 0 Å². The molecule has 0 aromatic heterocycles. The lowest BCUT2D eigenvalue weighted by Crippen LogP contribution is -2.36. The van der Waals surface area contributed by atoms with E-state index in [4.69, 9.17) is 10.5 Å². The van der Waals surface area contributed by atoms with Crippen LogP contribution in [0.3, 0.4) is 0 Å². The molecule has 1 aromatic rings. The quantitative estimate of drug-likeness (QED) is 0.708. The fourth-order valence-corrected chi connectivity index (χ4v) is 1.58. The first-order chi connectivity index (χ1) is 9.50. The average Bonchev–Trinajstić information content (AvgIpc) is 2.40. The van der Waals surface area contributed by atoms with Gasteiger partial charge >= 0.3 is 0 Å². The van der Waals surface area contributed by atoms with Crippen molar-refractivity contribution in [2.75, 3.05) is 32.5 Å². The van der Waals surface area contributed by atoms with Crippen LogP contribution in [0, 0.1) is 0 Å². The third kappa shape index (κ3) is 5.93. The lowest BCUT2D eigenvalue weighted by molar-refractivity contribution is -0.121. The van der Waals surface area contributed by atoms with E-state index < -0.39 is 0 Å². The summed E-state index contributed by atoms with van der Waals surface area (Å²) in [5.74, 6) is 0.622. The first-order valence-corrected chi connectivity index (χ1v) is 6.95. The molecule has 1 amide bonds. The zero-order valence-corrected chi connectivity index (χ0v) is 12.6. The van der Waals surface area contributed by atoms with Gasteiger partial charge in [-0.2, -0.15) is 0 Å². The zero-order chi connectivity index (χ0) is 15.0. The van der Waals surface area contributed by atoms with E-state index in [-0.39, 0.29) is 5.91 Å². The first kappa shape index (κ1) is 16.3. The van der Waals surface area contributed by atoms with E-state index in [0.29, 0.717) is 37.1 Å². The molecule has 0 aliphatic carbocycles. The van der Waals surface area contributed by atoms with Crippen LogP contribution < -0.4 is 15.8 Å². The van der Waals surface area contributed by atoms with Crippen LogP contribution in [0.5, 0.6) is 5.75 Å². The summed E-state index contributed by atoms with van der Waals surface area (Å²) in [5, 5.41) is 2.88. The van der Waals surface area contributed by atoms with Gasteiger partial charge in [-0.3, -0.25) is 4.79 Å². The molecule has 0 aliphatic rings. The normalized spacial score (nSPS) is 10.8. The second-order valence-corrected chi connectivity index (χ2v) is 5.06. The molecule has 5 heteroatoms. The van der Waals surface area contributed by atoms with Gasteiger partial charge in [-0.1, -0.05) is 12.1 Å². The third-order valence-corrected chi connectivity index (χ3v) is 3.17. The van der Waals surface area contributed by atoms with Gasteiger partial charge in [0.05, 0.1) is 18.7 Å². The number of hydrogen-bond donors (Lipinski definition) is 2. The van der Waals surface area contributed by atoms with E-state index in [0.717, 1.165) is 6.54 Å². The highest BCUT2D eigenvalue weighted by atomic mass is 16.5. The molecule has 1 aromatic carbocycles. The van der Waals surface area contributed by atoms with Gasteiger partial charge in [0, 0.05) is 19.1 Å². The summed E-state index contributed by atoms with van der Waals surface area (Å²) in [7, 11) is 2.04. The number of anilines is 1. The summed E-state index contributed by atoms with van der Waals surface area (Å²) in [6, 6.07) is 7.76. The molecule has 0 fully saturated rings. The molecule has 0 saturated heterocycles. The lowest BCUT2D eigenvalue weighted by Gasteiger charge is -2.20. The fourth-order valence-electron chi connectivity index (χ4n) is 1.58. The number of rotatable bonds is 8. The monoisotopic (exact) mass is 279 g/mol. The van der Waals surface area contributed by atoms with Crippen LogP contribution in [0.4, 0.5) is 5.69 Å². The number of nitrogen functional groups attached to an aromatic ring is 1.